The summed E-state index contributed by atoms with van der Waals surface area (Å²) < 4.78 is 0.656. The molecule has 0 unspecified atom stereocenters. The molecule has 20 heavy (non-hydrogen) atoms. The number of Topliss-reactive ketones (excluding diaryl/α,β-unsaturated/α-hetero) is 1. The summed E-state index contributed by atoms with van der Waals surface area (Å²) in [5.41, 5.74) is -0.661. The van der Waals surface area contributed by atoms with Crippen LogP contribution in [0.2, 0.25) is 4.34 Å². The zero-order chi connectivity index (χ0) is 14.8. The first-order valence-electron chi connectivity index (χ1n) is 6.79. The number of piperazine rings is 1. The molecule has 1 aliphatic rings. The molecule has 0 radical (unpaired) electrons. The summed E-state index contributed by atoms with van der Waals surface area (Å²) in [6.45, 7) is 8.28. The molecular formula is C14H21ClN2O2S. The highest BCUT2D eigenvalue weighted by molar-refractivity contribution is 7.18. The molecule has 0 atom stereocenters. The highest BCUT2D eigenvalue weighted by Crippen LogP contribution is 2.22. The maximum atomic E-state index is 12.1. The summed E-state index contributed by atoms with van der Waals surface area (Å²) >= 11 is 7.19. The molecular weight excluding hydrogens is 296 g/mol. The van der Waals surface area contributed by atoms with Gasteiger partial charge in [0, 0.05) is 32.7 Å². The quantitative estimate of drug-likeness (QED) is 0.844. The Labute approximate surface area is 128 Å². The minimum atomic E-state index is -0.661. The average Bonchev–Trinajstić information content (AvgIpc) is 2.77. The van der Waals surface area contributed by atoms with Crippen LogP contribution in [0.25, 0.3) is 0 Å². The van der Waals surface area contributed by atoms with Crippen LogP contribution < -0.4 is 0 Å². The number of thiophene rings is 1. The smallest absolute Gasteiger partial charge is 0.186 e. The van der Waals surface area contributed by atoms with Crippen LogP contribution in [0.15, 0.2) is 12.1 Å². The number of β-amino-alcohol motifs (C(OH)–C–C–N with tert-alkyl or cyclic N) is 1. The van der Waals surface area contributed by atoms with Crippen molar-refractivity contribution in [2.24, 2.45) is 0 Å². The summed E-state index contributed by atoms with van der Waals surface area (Å²) in [4.78, 5) is 17.2. The Morgan fingerprint density at radius 2 is 1.90 bits per heavy atom. The molecule has 1 aromatic rings. The average molecular weight is 317 g/mol. The number of rotatable bonds is 5. The second-order valence-electron chi connectivity index (χ2n) is 5.89. The fourth-order valence-electron chi connectivity index (χ4n) is 2.40. The van der Waals surface area contributed by atoms with Crippen molar-refractivity contribution in [3.8, 4) is 0 Å². The molecule has 112 valence electrons. The SMILES string of the molecule is CC(C)(O)CN1CCN(CC(=O)c2ccc(Cl)s2)CC1. The molecule has 6 heteroatoms. The van der Waals surface area contributed by atoms with Crippen molar-refractivity contribution in [2.75, 3.05) is 39.3 Å². The van der Waals surface area contributed by atoms with Gasteiger partial charge in [-0.2, -0.15) is 0 Å². The van der Waals surface area contributed by atoms with Gasteiger partial charge in [-0.05, 0) is 26.0 Å². The van der Waals surface area contributed by atoms with Gasteiger partial charge in [0.05, 0.1) is 21.4 Å². The monoisotopic (exact) mass is 316 g/mol. The molecule has 1 aliphatic heterocycles. The van der Waals surface area contributed by atoms with Crippen LogP contribution in [0.3, 0.4) is 0 Å². The normalized spacial score (nSPS) is 18.4. The number of carbonyl (C=O) groups excluding carboxylic acids is 1. The third kappa shape index (κ3) is 4.82. The molecule has 0 bridgehead atoms. The number of aliphatic hydroxyl groups is 1. The molecule has 1 saturated heterocycles. The zero-order valence-corrected chi connectivity index (χ0v) is 13.5. The summed E-state index contributed by atoms with van der Waals surface area (Å²) in [7, 11) is 0. The molecule has 4 nitrogen and oxygen atoms in total. The van der Waals surface area contributed by atoms with E-state index in [1.54, 1.807) is 12.1 Å². The predicted molar refractivity (Wildman–Crippen MR) is 82.8 cm³/mol. The Morgan fingerprint density at radius 1 is 1.30 bits per heavy atom. The van der Waals surface area contributed by atoms with E-state index in [2.05, 4.69) is 9.80 Å². The number of halogens is 1. The zero-order valence-electron chi connectivity index (χ0n) is 11.9. The fraction of sp³-hybridized carbons (Fsp3) is 0.643. The fourth-order valence-corrected chi connectivity index (χ4v) is 3.37. The number of carbonyl (C=O) groups is 1. The highest BCUT2D eigenvalue weighted by atomic mass is 35.5. The topological polar surface area (TPSA) is 43.8 Å². The third-order valence-corrected chi connectivity index (χ3v) is 4.56. The van der Waals surface area contributed by atoms with Crippen LogP contribution in [0.5, 0.6) is 0 Å². The lowest BCUT2D eigenvalue weighted by molar-refractivity contribution is 0.0179. The summed E-state index contributed by atoms with van der Waals surface area (Å²) in [6, 6.07) is 3.56. The van der Waals surface area contributed by atoms with Gasteiger partial charge in [0.1, 0.15) is 0 Å². The molecule has 0 aromatic carbocycles. The maximum Gasteiger partial charge on any atom is 0.186 e. The second-order valence-corrected chi connectivity index (χ2v) is 7.61. The van der Waals surface area contributed by atoms with E-state index in [0.29, 0.717) is 17.4 Å². The Morgan fingerprint density at radius 3 is 2.40 bits per heavy atom. The van der Waals surface area contributed by atoms with Gasteiger partial charge in [-0.15, -0.1) is 11.3 Å². The highest BCUT2D eigenvalue weighted by Gasteiger charge is 2.24. The van der Waals surface area contributed by atoms with Gasteiger partial charge in [0.2, 0.25) is 0 Å². The van der Waals surface area contributed by atoms with Crippen molar-refractivity contribution in [3.05, 3.63) is 21.3 Å². The number of nitrogens with zero attached hydrogens (tertiary/aromatic N) is 2. The van der Waals surface area contributed by atoms with Crippen LogP contribution >= 0.6 is 22.9 Å². The van der Waals surface area contributed by atoms with Crippen LogP contribution in [0.1, 0.15) is 23.5 Å². The van der Waals surface area contributed by atoms with E-state index in [0.717, 1.165) is 31.1 Å². The van der Waals surface area contributed by atoms with Gasteiger partial charge < -0.3 is 5.11 Å². The van der Waals surface area contributed by atoms with Crippen molar-refractivity contribution >= 4 is 28.7 Å². The van der Waals surface area contributed by atoms with Crippen LogP contribution in [0.4, 0.5) is 0 Å². The first kappa shape index (κ1) is 15.9. The minimum absolute atomic E-state index is 0.137. The van der Waals surface area contributed by atoms with E-state index in [4.69, 9.17) is 11.6 Å². The lowest BCUT2D eigenvalue weighted by Crippen LogP contribution is -2.51. The molecule has 1 N–H and O–H groups in total. The second kappa shape index (κ2) is 6.54. The summed E-state index contributed by atoms with van der Waals surface area (Å²) in [5, 5.41) is 9.81. The molecule has 2 rings (SSSR count). The van der Waals surface area contributed by atoms with Crippen molar-refractivity contribution in [3.63, 3.8) is 0 Å². The van der Waals surface area contributed by atoms with Crippen LogP contribution in [-0.4, -0.2) is 65.6 Å². The van der Waals surface area contributed by atoms with Gasteiger partial charge in [0.15, 0.2) is 5.78 Å². The van der Waals surface area contributed by atoms with Gasteiger partial charge in [-0.25, -0.2) is 0 Å². The third-order valence-electron chi connectivity index (χ3n) is 3.29. The van der Waals surface area contributed by atoms with Crippen LogP contribution in [-0.2, 0) is 0 Å². The van der Waals surface area contributed by atoms with E-state index < -0.39 is 5.60 Å². The largest absolute Gasteiger partial charge is 0.389 e. The Bertz CT molecular complexity index is 462. The van der Waals surface area contributed by atoms with Gasteiger partial charge in [-0.1, -0.05) is 11.6 Å². The summed E-state index contributed by atoms with van der Waals surface area (Å²) in [5.74, 6) is 0.137. The number of ketones is 1. The van der Waals surface area contributed by atoms with Crippen LogP contribution in [0, 0.1) is 0 Å². The predicted octanol–water partition coefficient (Wildman–Crippen LogP) is 1.97. The van der Waals surface area contributed by atoms with Crippen molar-refractivity contribution < 1.29 is 9.90 Å². The van der Waals surface area contributed by atoms with Crippen molar-refractivity contribution in [2.45, 2.75) is 19.4 Å². The van der Waals surface area contributed by atoms with Crippen molar-refractivity contribution in [1.29, 1.82) is 0 Å². The van der Waals surface area contributed by atoms with E-state index in [9.17, 15) is 9.90 Å². The number of hydrogen-bond donors (Lipinski definition) is 1. The molecule has 1 aromatic heterocycles. The molecule has 1 fully saturated rings. The van der Waals surface area contributed by atoms with Crippen molar-refractivity contribution in [1.82, 2.24) is 9.80 Å². The molecule has 0 amide bonds. The molecule has 0 saturated carbocycles. The minimum Gasteiger partial charge on any atom is -0.389 e. The van der Waals surface area contributed by atoms with E-state index in [1.807, 2.05) is 13.8 Å². The molecule has 0 spiro atoms. The first-order valence-corrected chi connectivity index (χ1v) is 7.98. The lowest BCUT2D eigenvalue weighted by atomic mass is 10.1. The van der Waals surface area contributed by atoms with Gasteiger partial charge in [-0.3, -0.25) is 14.6 Å². The Balaban J connectivity index is 1.78. The maximum absolute atomic E-state index is 12.1. The Hall–Kier alpha value is -0.460. The van der Waals surface area contributed by atoms with Gasteiger partial charge >= 0.3 is 0 Å². The number of hydrogen-bond acceptors (Lipinski definition) is 5. The van der Waals surface area contributed by atoms with E-state index in [-0.39, 0.29) is 5.78 Å². The lowest BCUT2D eigenvalue weighted by Gasteiger charge is -2.36. The standard InChI is InChI=1S/C14H21ClN2O2S/c1-14(2,19)10-17-7-5-16(6-8-17)9-11(18)12-3-4-13(15)20-12/h3-4,19H,5-10H2,1-2H3. The Kier molecular flexibility index (Phi) is 5.20. The molecule has 2 heterocycles. The summed E-state index contributed by atoms with van der Waals surface area (Å²) in [6.07, 6.45) is 0. The molecule has 0 aliphatic carbocycles. The van der Waals surface area contributed by atoms with Gasteiger partial charge in [0.25, 0.3) is 0 Å². The van der Waals surface area contributed by atoms with E-state index in [1.165, 1.54) is 11.3 Å². The van der Waals surface area contributed by atoms with E-state index >= 15 is 0 Å². The first-order chi connectivity index (χ1) is 9.33.